The Labute approximate surface area is 104 Å². The second kappa shape index (κ2) is 4.64. The molecule has 0 spiro atoms. The molecule has 1 saturated heterocycles. The van der Waals surface area contributed by atoms with Crippen molar-refractivity contribution in [3.63, 3.8) is 0 Å². The van der Waals surface area contributed by atoms with Crippen LogP contribution in [0.5, 0.6) is 0 Å². The van der Waals surface area contributed by atoms with Gasteiger partial charge < -0.3 is 5.11 Å². The van der Waals surface area contributed by atoms with Crippen LogP contribution in [0.2, 0.25) is 0 Å². The minimum Gasteiger partial charge on any atom is -0.479 e. The summed E-state index contributed by atoms with van der Waals surface area (Å²) in [6, 6.07) is 0. The second-order valence-electron chi connectivity index (χ2n) is 4.38. The highest BCUT2D eigenvalue weighted by molar-refractivity contribution is 7.99. The number of rotatable bonds is 4. The Morgan fingerprint density at radius 1 is 1.71 bits per heavy atom. The van der Waals surface area contributed by atoms with Gasteiger partial charge in [0.05, 0.1) is 5.25 Å². The zero-order valence-electron chi connectivity index (χ0n) is 9.96. The van der Waals surface area contributed by atoms with Crippen molar-refractivity contribution in [2.45, 2.75) is 43.9 Å². The molecule has 1 N–H and O–H groups in total. The van der Waals surface area contributed by atoms with Gasteiger partial charge in [0.2, 0.25) is 0 Å². The van der Waals surface area contributed by atoms with Crippen LogP contribution < -0.4 is 0 Å². The van der Waals surface area contributed by atoms with Gasteiger partial charge in [-0.15, -0.1) is 5.10 Å². The smallest absolute Gasteiger partial charge is 0.331 e. The zero-order chi connectivity index (χ0) is 12.5. The van der Waals surface area contributed by atoms with Gasteiger partial charge in [-0.05, 0) is 42.4 Å². The van der Waals surface area contributed by atoms with E-state index in [0.717, 1.165) is 18.6 Å². The van der Waals surface area contributed by atoms with Crippen LogP contribution in [-0.4, -0.2) is 37.0 Å². The third-order valence-electron chi connectivity index (χ3n) is 3.33. The highest BCUT2D eigenvalue weighted by Gasteiger charge is 2.39. The molecule has 0 aliphatic carbocycles. The van der Waals surface area contributed by atoms with Crippen molar-refractivity contribution in [3.05, 3.63) is 5.82 Å². The van der Waals surface area contributed by atoms with Crippen LogP contribution in [0.3, 0.4) is 0 Å². The Morgan fingerprint density at radius 3 is 3.00 bits per heavy atom. The lowest BCUT2D eigenvalue weighted by Gasteiger charge is -2.25. The van der Waals surface area contributed by atoms with Crippen molar-refractivity contribution >= 4 is 17.7 Å². The van der Waals surface area contributed by atoms with Gasteiger partial charge in [-0.2, -0.15) is 11.8 Å². The van der Waals surface area contributed by atoms with E-state index in [9.17, 15) is 9.90 Å². The Balaban J connectivity index is 2.38. The molecule has 2 rings (SSSR count). The van der Waals surface area contributed by atoms with E-state index in [-0.39, 0.29) is 5.25 Å². The minimum atomic E-state index is -1.05. The molecule has 7 heteroatoms. The minimum absolute atomic E-state index is 0.232. The molecule has 1 fully saturated rings. The van der Waals surface area contributed by atoms with Gasteiger partial charge in [0.15, 0.2) is 11.4 Å². The maximum Gasteiger partial charge on any atom is 0.331 e. The average molecular weight is 256 g/mol. The standard InChI is InChI=1S/C10H16N4O2S/c1-3-10(2,9(15)16)14-8(11-12-13-14)7-5-4-6-17-7/h7H,3-6H2,1-2H3,(H,15,16). The highest BCUT2D eigenvalue weighted by Crippen LogP contribution is 2.40. The van der Waals surface area contributed by atoms with E-state index in [4.69, 9.17) is 0 Å². The summed E-state index contributed by atoms with van der Waals surface area (Å²) in [7, 11) is 0. The first-order valence-corrected chi connectivity index (χ1v) is 6.78. The number of aliphatic carboxylic acids is 1. The fraction of sp³-hybridized carbons (Fsp3) is 0.800. The van der Waals surface area contributed by atoms with Gasteiger partial charge in [0.1, 0.15) is 0 Å². The quantitative estimate of drug-likeness (QED) is 0.878. The summed E-state index contributed by atoms with van der Waals surface area (Å²) in [5.74, 6) is 0.892. The van der Waals surface area contributed by atoms with Crippen molar-refractivity contribution in [2.24, 2.45) is 0 Å². The first-order chi connectivity index (χ1) is 8.09. The normalized spacial score (nSPS) is 23.5. The fourth-order valence-electron chi connectivity index (χ4n) is 1.92. The number of nitrogens with zero attached hydrogens (tertiary/aromatic N) is 4. The molecule has 2 atom stereocenters. The number of hydrogen-bond donors (Lipinski definition) is 1. The molecule has 0 amide bonds. The van der Waals surface area contributed by atoms with Gasteiger partial charge in [-0.1, -0.05) is 6.92 Å². The van der Waals surface area contributed by atoms with Crippen LogP contribution in [0.15, 0.2) is 0 Å². The van der Waals surface area contributed by atoms with E-state index in [2.05, 4.69) is 15.5 Å². The Morgan fingerprint density at radius 2 is 2.47 bits per heavy atom. The SMILES string of the molecule is CCC(C)(C(=O)O)n1nnnc1C1CCCS1. The number of aromatic nitrogens is 4. The summed E-state index contributed by atoms with van der Waals surface area (Å²) in [4.78, 5) is 11.4. The van der Waals surface area contributed by atoms with Crippen molar-refractivity contribution in [2.75, 3.05) is 5.75 Å². The van der Waals surface area contributed by atoms with Gasteiger partial charge >= 0.3 is 5.97 Å². The van der Waals surface area contributed by atoms with Crippen LogP contribution in [0.25, 0.3) is 0 Å². The molecule has 2 heterocycles. The van der Waals surface area contributed by atoms with Gasteiger partial charge in [0.25, 0.3) is 0 Å². The van der Waals surface area contributed by atoms with E-state index in [1.54, 1.807) is 18.7 Å². The first kappa shape index (κ1) is 12.3. The number of thioether (sulfide) groups is 1. The van der Waals surface area contributed by atoms with E-state index in [0.29, 0.717) is 12.2 Å². The number of carboxylic acids is 1. The van der Waals surface area contributed by atoms with Gasteiger partial charge in [0, 0.05) is 0 Å². The third kappa shape index (κ3) is 2.03. The van der Waals surface area contributed by atoms with E-state index in [1.165, 1.54) is 4.68 Å². The molecule has 0 saturated carbocycles. The Bertz CT molecular complexity index is 416. The van der Waals surface area contributed by atoms with E-state index >= 15 is 0 Å². The second-order valence-corrected chi connectivity index (χ2v) is 5.69. The molecule has 1 aromatic rings. The summed E-state index contributed by atoms with van der Waals surface area (Å²) in [5.41, 5.74) is -1.05. The highest BCUT2D eigenvalue weighted by atomic mass is 32.2. The summed E-state index contributed by atoms with van der Waals surface area (Å²) >= 11 is 1.80. The van der Waals surface area contributed by atoms with Crippen LogP contribution in [0, 0.1) is 0 Å². The molecule has 0 bridgehead atoms. The van der Waals surface area contributed by atoms with Crippen molar-refractivity contribution in [1.29, 1.82) is 0 Å². The molecule has 0 aromatic carbocycles. The Hall–Kier alpha value is -1.11. The number of carboxylic acid groups (broad SMARTS) is 1. The van der Waals surface area contributed by atoms with Crippen molar-refractivity contribution in [1.82, 2.24) is 20.2 Å². The van der Waals surface area contributed by atoms with Crippen molar-refractivity contribution in [3.8, 4) is 0 Å². The maximum absolute atomic E-state index is 11.4. The molecule has 6 nitrogen and oxygen atoms in total. The van der Waals surface area contributed by atoms with E-state index < -0.39 is 11.5 Å². The van der Waals surface area contributed by atoms with Crippen LogP contribution >= 0.6 is 11.8 Å². The molecule has 1 aliphatic rings. The molecule has 1 aliphatic heterocycles. The molecule has 1 aromatic heterocycles. The van der Waals surface area contributed by atoms with Crippen LogP contribution in [-0.2, 0) is 10.3 Å². The molecular weight excluding hydrogens is 240 g/mol. The first-order valence-electron chi connectivity index (χ1n) is 5.73. The summed E-state index contributed by atoms with van der Waals surface area (Å²) in [6.07, 6.45) is 2.61. The van der Waals surface area contributed by atoms with Gasteiger partial charge in [-0.25, -0.2) is 9.48 Å². The van der Waals surface area contributed by atoms with Crippen LogP contribution in [0.1, 0.15) is 44.2 Å². The molecule has 0 radical (unpaired) electrons. The molecule has 2 unspecified atom stereocenters. The lowest BCUT2D eigenvalue weighted by Crippen LogP contribution is -2.40. The number of hydrogen-bond acceptors (Lipinski definition) is 5. The lowest BCUT2D eigenvalue weighted by molar-refractivity contribution is -0.147. The fourth-order valence-corrected chi connectivity index (χ4v) is 3.17. The lowest BCUT2D eigenvalue weighted by atomic mass is 9.99. The summed E-state index contributed by atoms with van der Waals surface area (Å²) < 4.78 is 1.48. The van der Waals surface area contributed by atoms with Crippen molar-refractivity contribution < 1.29 is 9.90 Å². The molecule has 94 valence electrons. The number of tetrazole rings is 1. The predicted octanol–water partition coefficient (Wildman–Crippen LogP) is 1.45. The zero-order valence-corrected chi connectivity index (χ0v) is 10.8. The largest absolute Gasteiger partial charge is 0.479 e. The van der Waals surface area contributed by atoms with Gasteiger partial charge in [-0.3, -0.25) is 0 Å². The third-order valence-corrected chi connectivity index (χ3v) is 4.70. The monoisotopic (exact) mass is 256 g/mol. The van der Waals surface area contributed by atoms with E-state index in [1.807, 2.05) is 6.92 Å². The average Bonchev–Trinajstić information content (AvgIpc) is 2.97. The maximum atomic E-state index is 11.4. The molecule has 17 heavy (non-hydrogen) atoms. The summed E-state index contributed by atoms with van der Waals surface area (Å²) in [5, 5.41) is 21.1. The number of carbonyl (C=O) groups is 1. The summed E-state index contributed by atoms with van der Waals surface area (Å²) in [6.45, 7) is 3.50. The predicted molar refractivity (Wildman–Crippen MR) is 63.8 cm³/mol. The van der Waals surface area contributed by atoms with Crippen LogP contribution in [0.4, 0.5) is 0 Å². The molecular formula is C10H16N4O2S. The topological polar surface area (TPSA) is 80.9 Å². The Kier molecular flexibility index (Phi) is 3.37.